The van der Waals surface area contributed by atoms with Crippen LogP contribution in [0.5, 0.6) is 5.75 Å². The van der Waals surface area contributed by atoms with Gasteiger partial charge < -0.3 is 14.7 Å². The maximum absolute atomic E-state index is 13.3. The van der Waals surface area contributed by atoms with Crippen molar-refractivity contribution in [3.63, 3.8) is 0 Å². The van der Waals surface area contributed by atoms with Crippen LogP contribution < -0.4 is 14.5 Å². The van der Waals surface area contributed by atoms with Crippen molar-refractivity contribution in [1.29, 1.82) is 0 Å². The summed E-state index contributed by atoms with van der Waals surface area (Å²) < 4.78 is 5.65. The second kappa shape index (κ2) is 10.0. The Morgan fingerprint density at radius 2 is 1.71 bits per heavy atom. The molecule has 1 fully saturated rings. The maximum atomic E-state index is 13.3. The standard InChI is InChI=1S/C27H24Cl2N2O4/c1-4-35-20-7-5-6-16(14-20)24-23(25(32)17-8-13-21(28)22(29)15-17)26(33)27(34)31(24)19-11-9-18(10-12-19)30(2)3/h5-15,24,32H,4H2,1-3H3/b25-23-. The molecule has 0 saturated carbocycles. The average molecular weight is 511 g/mol. The summed E-state index contributed by atoms with van der Waals surface area (Å²) in [5.74, 6) is -1.28. The number of Topliss-reactive ketones (excluding diaryl/α,β-unsaturated/α-hetero) is 1. The number of nitrogens with zero attached hydrogens (tertiary/aromatic N) is 2. The highest BCUT2D eigenvalue weighted by Gasteiger charge is 2.47. The van der Waals surface area contributed by atoms with E-state index in [1.165, 1.54) is 17.0 Å². The quantitative estimate of drug-likeness (QED) is 0.247. The van der Waals surface area contributed by atoms with E-state index in [2.05, 4.69) is 0 Å². The highest BCUT2D eigenvalue weighted by atomic mass is 35.5. The summed E-state index contributed by atoms with van der Waals surface area (Å²) in [6.45, 7) is 2.33. The molecule has 3 aromatic rings. The van der Waals surface area contributed by atoms with Gasteiger partial charge in [-0.25, -0.2) is 0 Å². The number of carbonyl (C=O) groups is 2. The number of carbonyl (C=O) groups excluding carboxylic acids is 2. The molecule has 1 heterocycles. The largest absolute Gasteiger partial charge is 0.507 e. The number of halogens is 2. The molecule has 35 heavy (non-hydrogen) atoms. The van der Waals surface area contributed by atoms with E-state index >= 15 is 0 Å². The summed E-state index contributed by atoms with van der Waals surface area (Å²) in [5.41, 5.74) is 2.33. The van der Waals surface area contributed by atoms with Crippen LogP contribution in [-0.4, -0.2) is 37.5 Å². The summed E-state index contributed by atoms with van der Waals surface area (Å²) in [5, 5.41) is 11.8. The molecule has 1 aliphatic heterocycles. The molecule has 1 N–H and O–H groups in total. The van der Waals surface area contributed by atoms with Crippen molar-refractivity contribution in [1.82, 2.24) is 0 Å². The molecule has 0 aromatic heterocycles. The zero-order valence-corrected chi connectivity index (χ0v) is 21.0. The summed E-state index contributed by atoms with van der Waals surface area (Å²) in [4.78, 5) is 30.0. The zero-order chi connectivity index (χ0) is 25.3. The van der Waals surface area contributed by atoms with Gasteiger partial charge in [0.25, 0.3) is 11.7 Å². The summed E-state index contributed by atoms with van der Waals surface area (Å²) in [7, 11) is 3.83. The lowest BCUT2D eigenvalue weighted by Gasteiger charge is -2.26. The Balaban J connectivity index is 1.92. The Hall–Kier alpha value is -3.48. The van der Waals surface area contributed by atoms with Crippen molar-refractivity contribution in [3.05, 3.63) is 93.5 Å². The van der Waals surface area contributed by atoms with Crippen LogP contribution in [0.2, 0.25) is 10.0 Å². The fourth-order valence-corrected chi connectivity index (χ4v) is 4.36. The molecule has 0 bridgehead atoms. The van der Waals surface area contributed by atoms with E-state index < -0.39 is 17.7 Å². The molecule has 0 spiro atoms. The van der Waals surface area contributed by atoms with E-state index in [0.717, 1.165) is 5.69 Å². The number of rotatable bonds is 6. The van der Waals surface area contributed by atoms with Crippen LogP contribution in [0.15, 0.2) is 72.3 Å². The minimum atomic E-state index is -0.880. The Morgan fingerprint density at radius 1 is 1.00 bits per heavy atom. The van der Waals surface area contributed by atoms with Crippen molar-refractivity contribution in [2.75, 3.05) is 30.5 Å². The van der Waals surface area contributed by atoms with Gasteiger partial charge in [0.05, 0.1) is 28.3 Å². The first kappa shape index (κ1) is 24.6. The van der Waals surface area contributed by atoms with Gasteiger partial charge in [0.15, 0.2) is 0 Å². The van der Waals surface area contributed by atoms with Crippen molar-refractivity contribution in [3.8, 4) is 5.75 Å². The predicted octanol–water partition coefficient (Wildman–Crippen LogP) is 6.08. The number of amides is 1. The first-order valence-corrected chi connectivity index (χ1v) is 11.7. The van der Waals surface area contributed by atoms with Crippen LogP contribution in [0.1, 0.15) is 24.1 Å². The van der Waals surface area contributed by atoms with Crippen LogP contribution in [0.25, 0.3) is 5.76 Å². The minimum absolute atomic E-state index is 0.0428. The normalized spacial score (nSPS) is 17.1. The van der Waals surface area contributed by atoms with Gasteiger partial charge in [-0.2, -0.15) is 0 Å². The van der Waals surface area contributed by atoms with Gasteiger partial charge in [0.2, 0.25) is 0 Å². The SMILES string of the molecule is CCOc1cccc(C2/C(=C(/O)c3ccc(Cl)c(Cl)c3)C(=O)C(=O)N2c2ccc(N(C)C)cc2)c1. The molecule has 1 atom stereocenters. The number of ketones is 1. The third-order valence-corrected chi connectivity index (χ3v) is 6.51. The van der Waals surface area contributed by atoms with Gasteiger partial charge in [-0.15, -0.1) is 0 Å². The van der Waals surface area contributed by atoms with Crippen LogP contribution in [-0.2, 0) is 9.59 Å². The van der Waals surface area contributed by atoms with E-state index in [0.29, 0.717) is 28.6 Å². The van der Waals surface area contributed by atoms with E-state index in [1.54, 1.807) is 42.5 Å². The van der Waals surface area contributed by atoms with Gasteiger partial charge in [-0.05, 0) is 67.1 Å². The lowest BCUT2D eigenvalue weighted by atomic mass is 9.95. The molecule has 3 aromatic carbocycles. The number of benzene rings is 3. The van der Waals surface area contributed by atoms with Crippen molar-refractivity contribution in [2.24, 2.45) is 0 Å². The zero-order valence-electron chi connectivity index (χ0n) is 19.5. The van der Waals surface area contributed by atoms with Gasteiger partial charge >= 0.3 is 0 Å². The Labute approximate surface area is 213 Å². The Morgan fingerprint density at radius 3 is 2.34 bits per heavy atom. The van der Waals surface area contributed by atoms with Gasteiger partial charge in [0, 0.05) is 31.0 Å². The van der Waals surface area contributed by atoms with Gasteiger partial charge in [-0.3, -0.25) is 14.5 Å². The number of hydrogen-bond acceptors (Lipinski definition) is 5. The molecule has 1 amide bonds. The molecule has 0 radical (unpaired) electrons. The molecule has 4 rings (SSSR count). The van der Waals surface area contributed by atoms with Crippen molar-refractivity contribution < 1.29 is 19.4 Å². The lowest BCUT2D eigenvalue weighted by Crippen LogP contribution is -2.29. The first-order valence-electron chi connectivity index (χ1n) is 11.0. The van der Waals surface area contributed by atoms with Crippen LogP contribution in [0.4, 0.5) is 11.4 Å². The van der Waals surface area contributed by atoms with Crippen LogP contribution in [0, 0.1) is 0 Å². The Kier molecular flexibility index (Phi) is 7.05. The summed E-state index contributed by atoms with van der Waals surface area (Å²) in [6.07, 6.45) is 0. The highest BCUT2D eigenvalue weighted by Crippen LogP contribution is 2.43. The van der Waals surface area contributed by atoms with E-state index in [9.17, 15) is 14.7 Å². The maximum Gasteiger partial charge on any atom is 0.300 e. The molecular formula is C27H24Cl2N2O4. The molecule has 8 heteroatoms. The number of ether oxygens (including phenoxy) is 1. The molecule has 0 aliphatic carbocycles. The third-order valence-electron chi connectivity index (χ3n) is 5.77. The topological polar surface area (TPSA) is 70.1 Å². The predicted molar refractivity (Wildman–Crippen MR) is 140 cm³/mol. The highest BCUT2D eigenvalue weighted by molar-refractivity contribution is 6.51. The molecule has 1 unspecified atom stereocenters. The van der Waals surface area contributed by atoms with Crippen LogP contribution >= 0.6 is 23.2 Å². The molecular weight excluding hydrogens is 487 g/mol. The molecule has 180 valence electrons. The third kappa shape index (κ3) is 4.72. The molecule has 6 nitrogen and oxygen atoms in total. The van der Waals surface area contributed by atoms with Gasteiger partial charge in [-0.1, -0.05) is 35.3 Å². The van der Waals surface area contributed by atoms with E-state index in [4.69, 9.17) is 27.9 Å². The molecule has 1 saturated heterocycles. The summed E-state index contributed by atoms with van der Waals surface area (Å²) >= 11 is 12.2. The first-order chi connectivity index (χ1) is 16.7. The summed E-state index contributed by atoms with van der Waals surface area (Å²) in [6, 6.07) is 18.1. The fourth-order valence-electron chi connectivity index (χ4n) is 4.07. The second-order valence-corrected chi connectivity index (χ2v) is 9.03. The van der Waals surface area contributed by atoms with E-state index in [1.807, 2.05) is 38.1 Å². The number of aliphatic hydroxyl groups is 1. The van der Waals surface area contributed by atoms with Crippen molar-refractivity contribution >= 4 is 52.0 Å². The minimum Gasteiger partial charge on any atom is -0.507 e. The van der Waals surface area contributed by atoms with E-state index in [-0.39, 0.29) is 21.9 Å². The lowest BCUT2D eigenvalue weighted by molar-refractivity contribution is -0.132. The molecule has 1 aliphatic rings. The smallest absolute Gasteiger partial charge is 0.300 e. The van der Waals surface area contributed by atoms with Gasteiger partial charge in [0.1, 0.15) is 11.5 Å². The number of aliphatic hydroxyl groups excluding tert-OH is 1. The van der Waals surface area contributed by atoms with Crippen molar-refractivity contribution in [2.45, 2.75) is 13.0 Å². The number of hydrogen-bond donors (Lipinski definition) is 1. The second-order valence-electron chi connectivity index (χ2n) is 8.21. The number of anilines is 2. The Bertz CT molecular complexity index is 1320. The average Bonchev–Trinajstić information content (AvgIpc) is 3.11. The van der Waals surface area contributed by atoms with Crippen LogP contribution in [0.3, 0.4) is 0 Å². The fraction of sp³-hybridized carbons (Fsp3) is 0.185. The monoisotopic (exact) mass is 510 g/mol.